The number of hydrogen-bond acceptors (Lipinski definition) is 3. The summed E-state index contributed by atoms with van der Waals surface area (Å²) in [5, 5.41) is 0. The molecule has 2 rings (SSSR count). The van der Waals surface area contributed by atoms with E-state index < -0.39 is 0 Å². The standard InChI is InChI=1S/C14H22N2O/c1-4-13-9-17-11(3)8-16(13)14-7-12(15)6-5-10(14)2/h5-7,11,13H,4,8-9,15H2,1-3H3. The molecule has 3 heteroatoms. The second-order valence-corrected chi connectivity index (χ2v) is 4.90. The van der Waals surface area contributed by atoms with Gasteiger partial charge in [-0.15, -0.1) is 0 Å². The lowest BCUT2D eigenvalue weighted by atomic mass is 10.1. The molecule has 3 nitrogen and oxygen atoms in total. The summed E-state index contributed by atoms with van der Waals surface area (Å²) in [6.45, 7) is 8.23. The maximum absolute atomic E-state index is 5.90. The van der Waals surface area contributed by atoms with Crippen LogP contribution in [0.15, 0.2) is 18.2 Å². The van der Waals surface area contributed by atoms with Crippen LogP contribution in [0.4, 0.5) is 11.4 Å². The monoisotopic (exact) mass is 234 g/mol. The van der Waals surface area contributed by atoms with Crippen molar-refractivity contribution in [1.82, 2.24) is 0 Å². The molecule has 1 saturated heterocycles. The number of aryl methyl sites for hydroxylation is 1. The first-order valence-corrected chi connectivity index (χ1v) is 6.36. The molecule has 17 heavy (non-hydrogen) atoms. The van der Waals surface area contributed by atoms with E-state index in [9.17, 15) is 0 Å². The van der Waals surface area contributed by atoms with Crippen LogP contribution >= 0.6 is 0 Å². The molecule has 0 bridgehead atoms. The predicted octanol–water partition coefficient (Wildman–Crippen LogP) is 2.58. The van der Waals surface area contributed by atoms with Crippen molar-refractivity contribution in [3.05, 3.63) is 23.8 Å². The van der Waals surface area contributed by atoms with Crippen LogP contribution in [-0.4, -0.2) is 25.3 Å². The Bertz CT molecular complexity index is 392. The molecule has 0 radical (unpaired) electrons. The van der Waals surface area contributed by atoms with Crippen molar-refractivity contribution in [1.29, 1.82) is 0 Å². The number of nitrogens with zero attached hydrogens (tertiary/aromatic N) is 1. The highest BCUT2D eigenvalue weighted by molar-refractivity contribution is 5.61. The zero-order chi connectivity index (χ0) is 12.4. The minimum Gasteiger partial charge on any atom is -0.399 e. The number of benzene rings is 1. The molecule has 0 aliphatic carbocycles. The summed E-state index contributed by atoms with van der Waals surface area (Å²) in [6, 6.07) is 6.60. The fourth-order valence-electron chi connectivity index (χ4n) is 2.41. The van der Waals surface area contributed by atoms with Crippen LogP contribution in [0.5, 0.6) is 0 Å². The Balaban J connectivity index is 2.31. The lowest BCUT2D eigenvalue weighted by molar-refractivity contribution is 0.0299. The van der Waals surface area contributed by atoms with Gasteiger partial charge in [0.25, 0.3) is 0 Å². The Morgan fingerprint density at radius 1 is 1.47 bits per heavy atom. The third kappa shape index (κ3) is 2.55. The second kappa shape index (κ2) is 4.96. The summed E-state index contributed by atoms with van der Waals surface area (Å²) in [5.41, 5.74) is 9.27. The molecule has 1 aromatic rings. The number of nitrogen functional groups attached to an aromatic ring is 1. The van der Waals surface area contributed by atoms with E-state index in [1.807, 2.05) is 6.07 Å². The molecule has 0 saturated carbocycles. The highest BCUT2D eigenvalue weighted by atomic mass is 16.5. The van der Waals surface area contributed by atoms with Gasteiger partial charge in [-0.1, -0.05) is 13.0 Å². The van der Waals surface area contributed by atoms with E-state index in [-0.39, 0.29) is 0 Å². The van der Waals surface area contributed by atoms with Crippen molar-refractivity contribution >= 4 is 11.4 Å². The van der Waals surface area contributed by atoms with Crippen LogP contribution in [0.2, 0.25) is 0 Å². The van der Waals surface area contributed by atoms with E-state index >= 15 is 0 Å². The molecule has 0 amide bonds. The SMILES string of the molecule is CCC1COC(C)CN1c1cc(N)ccc1C. The van der Waals surface area contributed by atoms with Crippen LogP contribution in [-0.2, 0) is 4.74 Å². The Morgan fingerprint density at radius 2 is 2.24 bits per heavy atom. The normalized spacial score (nSPS) is 25.0. The van der Waals surface area contributed by atoms with E-state index in [0.29, 0.717) is 12.1 Å². The fraction of sp³-hybridized carbons (Fsp3) is 0.571. The average molecular weight is 234 g/mol. The zero-order valence-electron chi connectivity index (χ0n) is 10.9. The molecule has 1 aliphatic heterocycles. The van der Waals surface area contributed by atoms with Crippen LogP contribution in [0.1, 0.15) is 25.8 Å². The minimum atomic E-state index is 0.290. The highest BCUT2D eigenvalue weighted by Crippen LogP contribution is 2.28. The van der Waals surface area contributed by atoms with Gasteiger partial charge in [0.15, 0.2) is 0 Å². The molecule has 1 aliphatic rings. The average Bonchev–Trinajstić information content (AvgIpc) is 2.32. The minimum absolute atomic E-state index is 0.290. The molecule has 1 heterocycles. The fourth-order valence-corrected chi connectivity index (χ4v) is 2.41. The summed E-state index contributed by atoms with van der Waals surface area (Å²) in [7, 11) is 0. The van der Waals surface area contributed by atoms with Gasteiger partial charge in [0.1, 0.15) is 0 Å². The molecule has 0 spiro atoms. The van der Waals surface area contributed by atoms with E-state index in [4.69, 9.17) is 10.5 Å². The number of ether oxygens (including phenoxy) is 1. The van der Waals surface area contributed by atoms with Crippen molar-refractivity contribution in [2.75, 3.05) is 23.8 Å². The molecular formula is C14H22N2O. The first-order valence-electron chi connectivity index (χ1n) is 6.36. The molecule has 2 N–H and O–H groups in total. The second-order valence-electron chi connectivity index (χ2n) is 4.90. The highest BCUT2D eigenvalue weighted by Gasteiger charge is 2.26. The lowest BCUT2D eigenvalue weighted by Gasteiger charge is -2.40. The van der Waals surface area contributed by atoms with Crippen LogP contribution in [0.3, 0.4) is 0 Å². The first kappa shape index (κ1) is 12.2. The lowest BCUT2D eigenvalue weighted by Crippen LogP contribution is -2.49. The first-order chi connectivity index (χ1) is 8.11. The molecule has 1 fully saturated rings. The number of hydrogen-bond donors (Lipinski definition) is 1. The van der Waals surface area contributed by atoms with Gasteiger partial charge in [-0.3, -0.25) is 0 Å². The number of rotatable bonds is 2. The number of anilines is 2. The smallest absolute Gasteiger partial charge is 0.0723 e. The van der Waals surface area contributed by atoms with Crippen LogP contribution < -0.4 is 10.6 Å². The zero-order valence-corrected chi connectivity index (χ0v) is 10.9. The summed E-state index contributed by atoms with van der Waals surface area (Å²) in [5.74, 6) is 0. The molecule has 2 unspecified atom stereocenters. The summed E-state index contributed by atoms with van der Waals surface area (Å²) in [6.07, 6.45) is 1.39. The maximum atomic E-state index is 5.90. The van der Waals surface area contributed by atoms with E-state index in [1.165, 1.54) is 11.3 Å². The van der Waals surface area contributed by atoms with Crippen LogP contribution in [0, 0.1) is 6.92 Å². The van der Waals surface area contributed by atoms with Gasteiger partial charge in [0.05, 0.1) is 18.8 Å². The van der Waals surface area contributed by atoms with Crippen molar-refractivity contribution in [2.24, 2.45) is 0 Å². The van der Waals surface area contributed by atoms with Gasteiger partial charge in [-0.25, -0.2) is 0 Å². The third-order valence-electron chi connectivity index (χ3n) is 3.48. The van der Waals surface area contributed by atoms with Gasteiger partial charge in [0, 0.05) is 17.9 Å². The predicted molar refractivity (Wildman–Crippen MR) is 72.4 cm³/mol. The quantitative estimate of drug-likeness (QED) is 0.799. The van der Waals surface area contributed by atoms with Crippen LogP contribution in [0.25, 0.3) is 0 Å². The summed E-state index contributed by atoms with van der Waals surface area (Å²) >= 11 is 0. The van der Waals surface area contributed by atoms with Crippen molar-refractivity contribution in [3.8, 4) is 0 Å². The summed E-state index contributed by atoms with van der Waals surface area (Å²) in [4.78, 5) is 2.44. The van der Waals surface area contributed by atoms with Crippen molar-refractivity contribution in [2.45, 2.75) is 39.3 Å². The van der Waals surface area contributed by atoms with Gasteiger partial charge >= 0.3 is 0 Å². The Hall–Kier alpha value is -1.22. The van der Waals surface area contributed by atoms with Crippen molar-refractivity contribution in [3.63, 3.8) is 0 Å². The van der Waals surface area contributed by atoms with E-state index in [0.717, 1.165) is 25.3 Å². The van der Waals surface area contributed by atoms with Crippen molar-refractivity contribution < 1.29 is 4.74 Å². The van der Waals surface area contributed by atoms with E-state index in [1.54, 1.807) is 0 Å². The topological polar surface area (TPSA) is 38.5 Å². The van der Waals surface area contributed by atoms with Gasteiger partial charge < -0.3 is 15.4 Å². The molecule has 1 aromatic carbocycles. The third-order valence-corrected chi connectivity index (χ3v) is 3.48. The maximum Gasteiger partial charge on any atom is 0.0723 e. The van der Waals surface area contributed by atoms with Gasteiger partial charge in [-0.05, 0) is 38.0 Å². The molecule has 94 valence electrons. The molecule has 0 aromatic heterocycles. The molecule has 2 atom stereocenters. The summed E-state index contributed by atoms with van der Waals surface area (Å²) < 4.78 is 5.73. The number of morpholine rings is 1. The Kier molecular flexibility index (Phi) is 3.57. The number of nitrogens with two attached hydrogens (primary N) is 1. The Morgan fingerprint density at radius 3 is 2.94 bits per heavy atom. The van der Waals surface area contributed by atoms with Gasteiger partial charge in [-0.2, -0.15) is 0 Å². The molecular weight excluding hydrogens is 212 g/mol. The Labute approximate surface area is 104 Å². The largest absolute Gasteiger partial charge is 0.399 e. The van der Waals surface area contributed by atoms with E-state index in [2.05, 4.69) is 37.8 Å². The van der Waals surface area contributed by atoms with Gasteiger partial charge in [0.2, 0.25) is 0 Å².